The van der Waals surface area contributed by atoms with Gasteiger partial charge in [0.15, 0.2) is 0 Å². The molecular weight excluding hydrogens is 301 g/mol. The van der Waals surface area contributed by atoms with Crippen LogP contribution in [0.1, 0.15) is 25.3 Å². The Morgan fingerprint density at radius 1 is 1.29 bits per heavy atom. The van der Waals surface area contributed by atoms with E-state index in [9.17, 15) is 13.2 Å². The van der Waals surface area contributed by atoms with Crippen molar-refractivity contribution >= 4 is 17.3 Å². The van der Waals surface area contributed by atoms with Crippen LogP contribution in [0.3, 0.4) is 0 Å². The SMILES string of the molecule is CC1(C2CC2)CN(c2cc(Cl)cc(C(F)(F)F)c2)CCN1. The van der Waals surface area contributed by atoms with E-state index in [1.165, 1.54) is 18.9 Å². The molecule has 1 aromatic rings. The molecule has 1 saturated heterocycles. The lowest BCUT2D eigenvalue weighted by Crippen LogP contribution is -2.60. The number of nitrogens with zero attached hydrogens (tertiary/aromatic N) is 1. The summed E-state index contributed by atoms with van der Waals surface area (Å²) < 4.78 is 38.7. The van der Waals surface area contributed by atoms with Crippen molar-refractivity contribution in [3.05, 3.63) is 28.8 Å². The van der Waals surface area contributed by atoms with Gasteiger partial charge in [0, 0.05) is 35.9 Å². The molecule has 3 rings (SSSR count). The molecule has 1 aliphatic heterocycles. The molecule has 1 heterocycles. The second-order valence-electron chi connectivity index (χ2n) is 6.24. The average Bonchev–Trinajstić information content (AvgIpc) is 3.21. The highest BCUT2D eigenvalue weighted by atomic mass is 35.5. The van der Waals surface area contributed by atoms with Gasteiger partial charge in [0.2, 0.25) is 0 Å². The van der Waals surface area contributed by atoms with Gasteiger partial charge in [-0.25, -0.2) is 0 Å². The zero-order chi connectivity index (χ0) is 15.3. The Morgan fingerprint density at radius 3 is 2.62 bits per heavy atom. The van der Waals surface area contributed by atoms with Crippen LogP contribution in [0.5, 0.6) is 0 Å². The van der Waals surface area contributed by atoms with Crippen LogP contribution in [0.25, 0.3) is 0 Å². The lowest BCUT2D eigenvalue weighted by atomic mass is 9.92. The molecular formula is C15H18ClF3N2. The van der Waals surface area contributed by atoms with Gasteiger partial charge in [0.25, 0.3) is 0 Å². The lowest BCUT2D eigenvalue weighted by Gasteiger charge is -2.43. The molecule has 1 aromatic carbocycles. The Bertz CT molecular complexity index is 542. The third kappa shape index (κ3) is 3.14. The number of piperazine rings is 1. The van der Waals surface area contributed by atoms with Crippen molar-refractivity contribution in [2.24, 2.45) is 5.92 Å². The molecule has 116 valence electrons. The van der Waals surface area contributed by atoms with Crippen molar-refractivity contribution in [3.63, 3.8) is 0 Å². The van der Waals surface area contributed by atoms with E-state index in [4.69, 9.17) is 11.6 Å². The molecule has 0 spiro atoms. The summed E-state index contributed by atoms with van der Waals surface area (Å²) in [6.07, 6.45) is -1.98. The van der Waals surface area contributed by atoms with E-state index < -0.39 is 11.7 Å². The Morgan fingerprint density at radius 2 is 2.00 bits per heavy atom. The van der Waals surface area contributed by atoms with E-state index >= 15 is 0 Å². The maximum atomic E-state index is 12.9. The molecule has 2 aliphatic rings. The molecule has 1 unspecified atom stereocenters. The molecule has 1 saturated carbocycles. The zero-order valence-electron chi connectivity index (χ0n) is 11.8. The maximum absolute atomic E-state index is 12.9. The zero-order valence-corrected chi connectivity index (χ0v) is 12.6. The van der Waals surface area contributed by atoms with Crippen molar-refractivity contribution in [1.82, 2.24) is 5.32 Å². The molecule has 0 radical (unpaired) electrons. The summed E-state index contributed by atoms with van der Waals surface area (Å²) in [4.78, 5) is 2.01. The Hall–Kier alpha value is -0.940. The van der Waals surface area contributed by atoms with Gasteiger partial charge < -0.3 is 10.2 Å². The average molecular weight is 319 g/mol. The minimum Gasteiger partial charge on any atom is -0.368 e. The van der Waals surface area contributed by atoms with Gasteiger partial charge in [-0.2, -0.15) is 13.2 Å². The lowest BCUT2D eigenvalue weighted by molar-refractivity contribution is -0.137. The molecule has 2 nitrogen and oxygen atoms in total. The van der Waals surface area contributed by atoms with Crippen LogP contribution in [0.15, 0.2) is 18.2 Å². The molecule has 21 heavy (non-hydrogen) atoms. The first-order valence-electron chi connectivity index (χ1n) is 7.16. The largest absolute Gasteiger partial charge is 0.416 e. The van der Waals surface area contributed by atoms with E-state index in [2.05, 4.69) is 12.2 Å². The Labute approximate surface area is 127 Å². The van der Waals surface area contributed by atoms with E-state index in [1.54, 1.807) is 6.07 Å². The predicted octanol–water partition coefficient (Wildman–Crippen LogP) is 3.94. The molecule has 2 fully saturated rings. The standard InChI is InChI=1S/C15H18ClF3N2/c1-14(10-2-3-10)9-21(5-4-20-14)13-7-11(15(17,18)19)6-12(16)8-13/h6-8,10,20H,2-5,9H2,1H3. The van der Waals surface area contributed by atoms with Crippen molar-refractivity contribution in [2.75, 3.05) is 24.5 Å². The number of benzene rings is 1. The first-order valence-corrected chi connectivity index (χ1v) is 7.53. The van der Waals surface area contributed by atoms with Crippen LogP contribution >= 0.6 is 11.6 Å². The van der Waals surface area contributed by atoms with Crippen molar-refractivity contribution in [1.29, 1.82) is 0 Å². The molecule has 0 amide bonds. The second kappa shape index (κ2) is 5.06. The summed E-state index contributed by atoms with van der Waals surface area (Å²) in [5, 5.41) is 3.65. The number of halogens is 4. The Balaban J connectivity index is 1.87. The van der Waals surface area contributed by atoms with Gasteiger partial charge in [-0.15, -0.1) is 0 Å². The predicted molar refractivity (Wildman–Crippen MR) is 77.8 cm³/mol. The number of nitrogens with one attached hydrogen (secondary N) is 1. The van der Waals surface area contributed by atoms with Crippen LogP contribution in [0.2, 0.25) is 5.02 Å². The van der Waals surface area contributed by atoms with Crippen LogP contribution in [-0.2, 0) is 6.18 Å². The highest BCUT2D eigenvalue weighted by Gasteiger charge is 2.44. The monoisotopic (exact) mass is 318 g/mol. The van der Waals surface area contributed by atoms with Gasteiger partial charge in [-0.3, -0.25) is 0 Å². The van der Waals surface area contributed by atoms with Crippen LogP contribution in [-0.4, -0.2) is 25.2 Å². The molecule has 0 aromatic heterocycles. The number of alkyl halides is 3. The fourth-order valence-electron chi connectivity index (χ4n) is 3.14. The van der Waals surface area contributed by atoms with Crippen LogP contribution < -0.4 is 10.2 Å². The van der Waals surface area contributed by atoms with Gasteiger partial charge in [0.1, 0.15) is 0 Å². The summed E-state index contributed by atoms with van der Waals surface area (Å²) in [5.74, 6) is 0.626. The fraction of sp³-hybridized carbons (Fsp3) is 0.600. The number of rotatable bonds is 2. The summed E-state index contributed by atoms with van der Waals surface area (Å²) in [5.41, 5.74) is -0.140. The smallest absolute Gasteiger partial charge is 0.368 e. The van der Waals surface area contributed by atoms with Crippen molar-refractivity contribution in [3.8, 4) is 0 Å². The highest BCUT2D eigenvalue weighted by molar-refractivity contribution is 6.31. The van der Waals surface area contributed by atoms with Gasteiger partial charge in [-0.05, 0) is 43.9 Å². The maximum Gasteiger partial charge on any atom is 0.416 e. The number of anilines is 1. The quantitative estimate of drug-likeness (QED) is 0.888. The first kappa shape index (κ1) is 15.0. The van der Waals surface area contributed by atoms with E-state index in [-0.39, 0.29) is 10.6 Å². The summed E-state index contributed by atoms with van der Waals surface area (Å²) in [6.45, 7) is 4.35. The van der Waals surface area contributed by atoms with Gasteiger partial charge in [-0.1, -0.05) is 11.6 Å². The van der Waals surface area contributed by atoms with E-state index in [1.807, 2.05) is 4.90 Å². The Kier molecular flexibility index (Phi) is 3.61. The summed E-state index contributed by atoms with van der Waals surface area (Å²) >= 11 is 5.88. The van der Waals surface area contributed by atoms with Crippen LogP contribution in [0.4, 0.5) is 18.9 Å². The molecule has 6 heteroatoms. The van der Waals surface area contributed by atoms with Crippen molar-refractivity contribution in [2.45, 2.75) is 31.5 Å². The molecule has 1 atom stereocenters. The number of hydrogen-bond acceptors (Lipinski definition) is 2. The first-order chi connectivity index (χ1) is 9.78. The van der Waals surface area contributed by atoms with Crippen LogP contribution in [0, 0.1) is 5.92 Å². The molecule has 1 aliphatic carbocycles. The van der Waals surface area contributed by atoms with Crippen molar-refractivity contribution < 1.29 is 13.2 Å². The second-order valence-corrected chi connectivity index (χ2v) is 6.67. The topological polar surface area (TPSA) is 15.3 Å². The highest BCUT2D eigenvalue weighted by Crippen LogP contribution is 2.42. The minimum absolute atomic E-state index is 0.0149. The third-order valence-corrected chi connectivity index (χ3v) is 4.70. The normalized spacial score (nSPS) is 27.0. The summed E-state index contributed by atoms with van der Waals surface area (Å²) in [7, 11) is 0. The molecule has 1 N–H and O–H groups in total. The van der Waals surface area contributed by atoms with Gasteiger partial charge >= 0.3 is 6.18 Å². The summed E-state index contributed by atoms with van der Waals surface area (Å²) in [6, 6.07) is 3.80. The van der Waals surface area contributed by atoms with E-state index in [0.717, 1.165) is 19.2 Å². The molecule has 0 bridgehead atoms. The fourth-order valence-corrected chi connectivity index (χ4v) is 3.37. The minimum atomic E-state index is -4.37. The third-order valence-electron chi connectivity index (χ3n) is 4.48. The number of hydrogen-bond donors (Lipinski definition) is 1. The van der Waals surface area contributed by atoms with Gasteiger partial charge in [0.05, 0.1) is 5.56 Å². The van der Waals surface area contributed by atoms with E-state index in [0.29, 0.717) is 18.2 Å².